The number of anilines is 1. The Morgan fingerprint density at radius 1 is 1.17 bits per heavy atom. The number of rotatable bonds is 2. The fraction of sp³-hybridized carbons (Fsp3) is 0.176. The van der Waals surface area contributed by atoms with Crippen LogP contribution in [-0.4, -0.2) is 32.7 Å². The summed E-state index contributed by atoms with van der Waals surface area (Å²) in [7, 11) is 0. The molecule has 24 heavy (non-hydrogen) atoms. The van der Waals surface area contributed by atoms with E-state index in [1.807, 2.05) is 41.3 Å². The monoisotopic (exact) mass is 383 g/mol. The summed E-state index contributed by atoms with van der Waals surface area (Å²) < 4.78 is 2.58. The summed E-state index contributed by atoms with van der Waals surface area (Å²) in [6.45, 7) is 0.725. The lowest BCUT2D eigenvalue weighted by molar-refractivity contribution is 0.0985. The molecule has 1 aliphatic heterocycles. The number of halogens is 1. The highest BCUT2D eigenvalue weighted by Crippen LogP contribution is 2.31. The van der Waals surface area contributed by atoms with E-state index in [2.05, 4.69) is 37.5 Å². The van der Waals surface area contributed by atoms with Crippen molar-refractivity contribution < 1.29 is 4.79 Å². The lowest BCUT2D eigenvalue weighted by Gasteiger charge is -2.29. The normalized spacial score (nSPS) is 13.6. The van der Waals surface area contributed by atoms with Crippen LogP contribution in [0.25, 0.3) is 5.69 Å². The third-order valence-electron chi connectivity index (χ3n) is 4.11. The van der Waals surface area contributed by atoms with Gasteiger partial charge in [-0.2, -0.15) is 0 Å². The number of amides is 1. The summed E-state index contributed by atoms with van der Waals surface area (Å²) >= 11 is 3.50. The van der Waals surface area contributed by atoms with E-state index in [9.17, 15) is 4.79 Å². The number of nitrogens with zero attached hydrogens (tertiary/aromatic N) is 5. The summed E-state index contributed by atoms with van der Waals surface area (Å²) in [4.78, 5) is 14.9. The van der Waals surface area contributed by atoms with Crippen LogP contribution in [0.2, 0.25) is 0 Å². The second-order valence-corrected chi connectivity index (χ2v) is 6.55. The Bertz CT molecular complexity index is 894. The average Bonchev–Trinajstić information content (AvgIpc) is 3.15. The van der Waals surface area contributed by atoms with Crippen LogP contribution in [0.5, 0.6) is 0 Å². The molecule has 120 valence electrons. The molecule has 0 saturated heterocycles. The third-order valence-corrected chi connectivity index (χ3v) is 4.61. The first-order chi connectivity index (χ1) is 11.7. The molecule has 0 bridgehead atoms. The van der Waals surface area contributed by atoms with Gasteiger partial charge in [0.1, 0.15) is 6.33 Å². The van der Waals surface area contributed by atoms with E-state index < -0.39 is 0 Å². The maximum Gasteiger partial charge on any atom is 0.258 e. The molecule has 0 radical (unpaired) electrons. The fourth-order valence-corrected chi connectivity index (χ4v) is 3.40. The lowest BCUT2D eigenvalue weighted by atomic mass is 10.0. The standard InChI is InChI=1S/C17H14BrN5O/c18-14-6-7-16-12(9-14)4-2-8-22(16)17(24)13-3-1-5-15(10-13)23-11-19-20-21-23/h1,3,5-7,9-11H,2,4,8H2. The van der Waals surface area contributed by atoms with Crippen LogP contribution in [0, 0.1) is 0 Å². The summed E-state index contributed by atoms with van der Waals surface area (Å²) in [5.41, 5.74) is 3.57. The first-order valence-corrected chi connectivity index (χ1v) is 8.45. The van der Waals surface area contributed by atoms with Gasteiger partial charge in [-0.25, -0.2) is 4.68 Å². The number of benzene rings is 2. The number of hydrogen-bond donors (Lipinski definition) is 0. The van der Waals surface area contributed by atoms with Crippen molar-refractivity contribution in [2.75, 3.05) is 11.4 Å². The Morgan fingerprint density at radius 3 is 2.92 bits per heavy atom. The smallest absolute Gasteiger partial charge is 0.258 e. The van der Waals surface area contributed by atoms with Crippen molar-refractivity contribution in [2.24, 2.45) is 0 Å². The molecule has 0 fully saturated rings. The molecule has 0 aliphatic carbocycles. The van der Waals surface area contributed by atoms with E-state index in [1.54, 1.807) is 0 Å². The van der Waals surface area contributed by atoms with Gasteiger partial charge in [0.15, 0.2) is 0 Å². The van der Waals surface area contributed by atoms with Gasteiger partial charge in [-0.3, -0.25) is 4.79 Å². The zero-order valence-electron chi connectivity index (χ0n) is 12.8. The Balaban J connectivity index is 1.69. The van der Waals surface area contributed by atoms with Crippen molar-refractivity contribution in [1.29, 1.82) is 0 Å². The van der Waals surface area contributed by atoms with Crippen molar-refractivity contribution in [3.8, 4) is 5.69 Å². The Morgan fingerprint density at radius 2 is 2.08 bits per heavy atom. The molecule has 2 aromatic carbocycles. The van der Waals surface area contributed by atoms with Gasteiger partial charge in [0.05, 0.1) is 5.69 Å². The van der Waals surface area contributed by atoms with Crippen LogP contribution in [0.4, 0.5) is 5.69 Å². The molecule has 4 rings (SSSR count). The minimum Gasteiger partial charge on any atom is -0.308 e. The molecule has 0 saturated carbocycles. The number of carbonyl (C=O) groups excluding carboxylic acids is 1. The Hall–Kier alpha value is -2.54. The molecule has 0 N–H and O–H groups in total. The number of aryl methyl sites for hydroxylation is 1. The zero-order valence-corrected chi connectivity index (χ0v) is 14.3. The molecule has 0 atom stereocenters. The molecule has 3 aromatic rings. The van der Waals surface area contributed by atoms with Crippen molar-refractivity contribution >= 4 is 27.5 Å². The molecule has 1 amide bonds. The molecule has 1 aliphatic rings. The largest absolute Gasteiger partial charge is 0.308 e. The van der Waals surface area contributed by atoms with Crippen LogP contribution in [0.3, 0.4) is 0 Å². The van der Waals surface area contributed by atoms with Crippen LogP contribution < -0.4 is 4.90 Å². The summed E-state index contributed by atoms with van der Waals surface area (Å²) in [6, 6.07) is 13.4. The maximum atomic E-state index is 13.0. The van der Waals surface area contributed by atoms with Gasteiger partial charge in [0, 0.05) is 22.3 Å². The molecule has 0 spiro atoms. The van der Waals surface area contributed by atoms with Gasteiger partial charge in [-0.15, -0.1) is 5.10 Å². The highest BCUT2D eigenvalue weighted by Gasteiger charge is 2.24. The van der Waals surface area contributed by atoms with E-state index in [-0.39, 0.29) is 5.91 Å². The minimum atomic E-state index is -0.00630. The van der Waals surface area contributed by atoms with E-state index in [4.69, 9.17) is 0 Å². The number of tetrazole rings is 1. The Labute approximate surface area is 147 Å². The maximum absolute atomic E-state index is 13.0. The molecular weight excluding hydrogens is 370 g/mol. The summed E-state index contributed by atoms with van der Waals surface area (Å²) in [6.07, 6.45) is 3.46. The van der Waals surface area contributed by atoms with Gasteiger partial charge >= 0.3 is 0 Å². The average molecular weight is 384 g/mol. The third kappa shape index (κ3) is 2.71. The first kappa shape index (κ1) is 15.0. The predicted octanol–water partition coefficient (Wildman–Crippen LogP) is 3.02. The van der Waals surface area contributed by atoms with Crippen molar-refractivity contribution in [3.05, 3.63) is 64.4 Å². The van der Waals surface area contributed by atoms with E-state index in [1.165, 1.54) is 16.6 Å². The zero-order chi connectivity index (χ0) is 16.5. The lowest BCUT2D eigenvalue weighted by Crippen LogP contribution is -2.35. The van der Waals surface area contributed by atoms with Crippen molar-refractivity contribution in [2.45, 2.75) is 12.8 Å². The van der Waals surface area contributed by atoms with E-state index in [0.29, 0.717) is 5.56 Å². The highest BCUT2D eigenvalue weighted by molar-refractivity contribution is 9.10. The second kappa shape index (κ2) is 6.16. The minimum absolute atomic E-state index is 0.00630. The van der Waals surface area contributed by atoms with Crippen LogP contribution in [-0.2, 0) is 6.42 Å². The second-order valence-electron chi connectivity index (χ2n) is 5.64. The van der Waals surface area contributed by atoms with Crippen LogP contribution in [0.15, 0.2) is 53.3 Å². The van der Waals surface area contributed by atoms with E-state index in [0.717, 1.165) is 35.2 Å². The van der Waals surface area contributed by atoms with Crippen LogP contribution in [0.1, 0.15) is 22.3 Å². The summed E-state index contributed by atoms with van der Waals surface area (Å²) in [5.74, 6) is -0.00630. The van der Waals surface area contributed by atoms with Crippen molar-refractivity contribution in [3.63, 3.8) is 0 Å². The fourth-order valence-electron chi connectivity index (χ4n) is 2.99. The van der Waals surface area contributed by atoms with Gasteiger partial charge in [-0.05, 0) is 65.2 Å². The molecule has 0 unspecified atom stereocenters. The van der Waals surface area contributed by atoms with Gasteiger partial charge in [0.25, 0.3) is 5.91 Å². The highest BCUT2D eigenvalue weighted by atomic mass is 79.9. The predicted molar refractivity (Wildman–Crippen MR) is 93.3 cm³/mol. The Kier molecular flexibility index (Phi) is 3.86. The molecule has 2 heterocycles. The number of fused-ring (bicyclic) bond motifs is 1. The first-order valence-electron chi connectivity index (χ1n) is 7.66. The quantitative estimate of drug-likeness (QED) is 0.682. The molecule has 6 nitrogen and oxygen atoms in total. The topological polar surface area (TPSA) is 63.9 Å². The van der Waals surface area contributed by atoms with Gasteiger partial charge in [-0.1, -0.05) is 22.0 Å². The van der Waals surface area contributed by atoms with Gasteiger partial charge < -0.3 is 4.90 Å². The number of carbonyl (C=O) groups is 1. The number of aromatic nitrogens is 4. The SMILES string of the molecule is O=C(c1cccc(-n2cnnn2)c1)N1CCCc2cc(Br)ccc21. The molecule has 7 heteroatoms. The number of hydrogen-bond acceptors (Lipinski definition) is 4. The van der Waals surface area contributed by atoms with Crippen LogP contribution >= 0.6 is 15.9 Å². The van der Waals surface area contributed by atoms with Crippen molar-refractivity contribution in [1.82, 2.24) is 20.2 Å². The molecule has 1 aromatic heterocycles. The molecular formula is C17H14BrN5O. The van der Waals surface area contributed by atoms with Gasteiger partial charge in [0.2, 0.25) is 0 Å². The van der Waals surface area contributed by atoms with E-state index >= 15 is 0 Å². The summed E-state index contributed by atoms with van der Waals surface area (Å²) in [5, 5.41) is 11.1.